The van der Waals surface area contributed by atoms with E-state index in [1.54, 1.807) is 49.4 Å². The zero-order chi connectivity index (χ0) is 21.2. The average Bonchev–Trinajstić information content (AvgIpc) is 3.19. The molecule has 2 aromatic carbocycles. The first kappa shape index (κ1) is 20.3. The quantitative estimate of drug-likeness (QED) is 0.672. The fraction of sp³-hybridized carbons (Fsp3) is 0.273. The molecule has 1 unspecified atom stereocenters. The van der Waals surface area contributed by atoms with Crippen molar-refractivity contribution in [2.24, 2.45) is 0 Å². The van der Waals surface area contributed by atoms with Gasteiger partial charge in [0, 0.05) is 11.0 Å². The van der Waals surface area contributed by atoms with Gasteiger partial charge >= 0.3 is 5.97 Å². The molecule has 3 rings (SSSR count). The number of hydrogen-bond acceptors (Lipinski definition) is 5. The van der Waals surface area contributed by atoms with Gasteiger partial charge in [0.25, 0.3) is 5.91 Å². The Balaban J connectivity index is 1.90. The predicted octanol–water partition coefficient (Wildman–Crippen LogP) is 4.22. The maximum absolute atomic E-state index is 13.0. The van der Waals surface area contributed by atoms with Crippen molar-refractivity contribution >= 4 is 11.9 Å². The first-order chi connectivity index (χ1) is 13.7. The van der Waals surface area contributed by atoms with Gasteiger partial charge in [0.05, 0.1) is 5.56 Å². The third-order valence-electron chi connectivity index (χ3n) is 4.45. The van der Waals surface area contributed by atoms with Gasteiger partial charge in [-0.25, -0.2) is 4.79 Å². The van der Waals surface area contributed by atoms with Crippen LogP contribution in [-0.2, 0) is 5.41 Å². The number of carbonyl (C=O) groups is 2. The van der Waals surface area contributed by atoms with Crippen molar-refractivity contribution in [3.05, 3.63) is 71.4 Å². The summed E-state index contributed by atoms with van der Waals surface area (Å²) in [5, 5.41) is 16.3. The van der Waals surface area contributed by atoms with Gasteiger partial charge in [0.1, 0.15) is 6.04 Å². The second-order valence-corrected chi connectivity index (χ2v) is 7.80. The molecule has 0 spiro atoms. The van der Waals surface area contributed by atoms with E-state index in [-0.39, 0.29) is 16.9 Å². The van der Waals surface area contributed by atoms with Crippen LogP contribution in [0.25, 0.3) is 11.1 Å². The van der Waals surface area contributed by atoms with E-state index < -0.39 is 12.0 Å². The fourth-order valence-corrected chi connectivity index (χ4v) is 2.87. The molecule has 0 aliphatic heterocycles. The molecule has 1 amide bonds. The molecule has 0 saturated heterocycles. The fourth-order valence-electron chi connectivity index (χ4n) is 2.87. The third kappa shape index (κ3) is 4.34. The van der Waals surface area contributed by atoms with Crippen molar-refractivity contribution in [1.29, 1.82) is 0 Å². The van der Waals surface area contributed by atoms with Gasteiger partial charge in [-0.3, -0.25) is 4.79 Å². The van der Waals surface area contributed by atoms with Gasteiger partial charge < -0.3 is 14.9 Å². The molecule has 150 valence electrons. The van der Waals surface area contributed by atoms with Gasteiger partial charge in [-0.2, -0.15) is 4.98 Å². The van der Waals surface area contributed by atoms with Crippen LogP contribution in [0.2, 0.25) is 0 Å². The van der Waals surface area contributed by atoms with Crippen LogP contribution >= 0.6 is 0 Å². The summed E-state index contributed by atoms with van der Waals surface area (Å²) in [6.07, 6.45) is 0. The number of aromatic nitrogens is 2. The molecule has 2 N–H and O–H groups in total. The van der Waals surface area contributed by atoms with E-state index in [0.717, 1.165) is 0 Å². The first-order valence-electron chi connectivity index (χ1n) is 9.25. The Bertz CT molecular complexity index is 1050. The molecule has 7 nitrogen and oxygen atoms in total. The Kier molecular flexibility index (Phi) is 5.50. The molecular formula is C22H23N3O4. The average molecular weight is 393 g/mol. The lowest BCUT2D eigenvalue weighted by molar-refractivity contribution is 0.0697. The molecule has 1 aromatic heterocycles. The normalized spacial score (nSPS) is 12.4. The maximum atomic E-state index is 13.0. The predicted molar refractivity (Wildman–Crippen MR) is 108 cm³/mol. The highest BCUT2D eigenvalue weighted by atomic mass is 16.5. The number of carboxylic acids is 1. The summed E-state index contributed by atoms with van der Waals surface area (Å²) in [6.45, 7) is 7.68. The van der Waals surface area contributed by atoms with Crippen molar-refractivity contribution in [3.8, 4) is 11.1 Å². The number of carboxylic acid groups (broad SMARTS) is 1. The lowest BCUT2D eigenvalue weighted by atomic mass is 9.95. The molecule has 29 heavy (non-hydrogen) atoms. The van der Waals surface area contributed by atoms with E-state index in [0.29, 0.717) is 28.4 Å². The SMILES string of the molecule is CC(NC(=O)c1ccccc1-c1ccccc1C(=O)O)c1nc(C(C)(C)C)no1. The highest BCUT2D eigenvalue weighted by Gasteiger charge is 2.25. The Labute approximate surface area is 168 Å². The Morgan fingerprint density at radius 2 is 1.55 bits per heavy atom. The smallest absolute Gasteiger partial charge is 0.336 e. The number of aromatic carboxylic acids is 1. The van der Waals surface area contributed by atoms with Crippen LogP contribution in [0.3, 0.4) is 0 Å². The van der Waals surface area contributed by atoms with Crippen LogP contribution < -0.4 is 5.32 Å². The Morgan fingerprint density at radius 1 is 1.00 bits per heavy atom. The second kappa shape index (κ2) is 7.87. The van der Waals surface area contributed by atoms with Crippen LogP contribution in [0.5, 0.6) is 0 Å². The Hall–Kier alpha value is -3.48. The first-order valence-corrected chi connectivity index (χ1v) is 9.25. The largest absolute Gasteiger partial charge is 0.478 e. The van der Waals surface area contributed by atoms with Crippen LogP contribution in [0.4, 0.5) is 0 Å². The van der Waals surface area contributed by atoms with Crippen LogP contribution in [0.1, 0.15) is 66.2 Å². The number of rotatable bonds is 5. The van der Waals surface area contributed by atoms with Crippen molar-refractivity contribution in [1.82, 2.24) is 15.5 Å². The van der Waals surface area contributed by atoms with Crippen LogP contribution in [-0.4, -0.2) is 27.1 Å². The van der Waals surface area contributed by atoms with Crippen molar-refractivity contribution in [2.75, 3.05) is 0 Å². The van der Waals surface area contributed by atoms with Crippen molar-refractivity contribution in [3.63, 3.8) is 0 Å². The van der Waals surface area contributed by atoms with Crippen LogP contribution in [0.15, 0.2) is 53.1 Å². The number of nitrogens with one attached hydrogen (secondary N) is 1. The summed E-state index contributed by atoms with van der Waals surface area (Å²) in [4.78, 5) is 28.9. The Morgan fingerprint density at radius 3 is 2.10 bits per heavy atom. The van der Waals surface area contributed by atoms with E-state index in [1.807, 2.05) is 20.8 Å². The number of nitrogens with zero attached hydrogens (tertiary/aromatic N) is 2. The molecular weight excluding hydrogens is 370 g/mol. The summed E-state index contributed by atoms with van der Waals surface area (Å²) in [5.41, 5.74) is 1.25. The molecule has 7 heteroatoms. The van der Waals surface area contributed by atoms with E-state index in [9.17, 15) is 14.7 Å². The number of benzene rings is 2. The van der Waals surface area contributed by atoms with Gasteiger partial charge in [-0.15, -0.1) is 0 Å². The summed E-state index contributed by atoms with van der Waals surface area (Å²) in [7, 11) is 0. The summed E-state index contributed by atoms with van der Waals surface area (Å²) >= 11 is 0. The standard InChI is InChI=1S/C22H23N3O4/c1-13(19-24-21(25-29-19)22(2,3)4)23-18(26)16-11-7-5-9-14(16)15-10-6-8-12-17(15)20(27)28/h5-13H,1-4H3,(H,23,26)(H,27,28). The minimum Gasteiger partial charge on any atom is -0.478 e. The monoisotopic (exact) mass is 393 g/mol. The number of hydrogen-bond donors (Lipinski definition) is 2. The molecule has 0 aliphatic rings. The summed E-state index contributed by atoms with van der Waals surface area (Å²) in [5.74, 6) is -0.537. The molecule has 1 heterocycles. The minimum atomic E-state index is -1.05. The topological polar surface area (TPSA) is 105 Å². The van der Waals surface area contributed by atoms with Gasteiger partial charge in [0.15, 0.2) is 5.82 Å². The van der Waals surface area contributed by atoms with Crippen molar-refractivity contribution in [2.45, 2.75) is 39.2 Å². The third-order valence-corrected chi connectivity index (χ3v) is 4.45. The van der Waals surface area contributed by atoms with Gasteiger partial charge in [-0.05, 0) is 30.2 Å². The molecule has 0 bridgehead atoms. The minimum absolute atomic E-state index is 0.132. The lowest BCUT2D eigenvalue weighted by Crippen LogP contribution is -2.27. The zero-order valence-electron chi connectivity index (χ0n) is 16.8. The summed E-state index contributed by atoms with van der Waals surface area (Å²) in [6, 6.07) is 13.0. The molecule has 0 fully saturated rings. The van der Waals surface area contributed by atoms with Gasteiger partial charge in [0.2, 0.25) is 5.89 Å². The summed E-state index contributed by atoms with van der Waals surface area (Å²) < 4.78 is 5.30. The number of amides is 1. The maximum Gasteiger partial charge on any atom is 0.336 e. The molecule has 0 aliphatic carbocycles. The van der Waals surface area contributed by atoms with Gasteiger partial charge in [-0.1, -0.05) is 62.3 Å². The van der Waals surface area contributed by atoms with E-state index in [4.69, 9.17) is 4.52 Å². The molecule has 1 atom stereocenters. The molecule has 3 aromatic rings. The van der Waals surface area contributed by atoms with E-state index >= 15 is 0 Å². The number of carbonyl (C=O) groups excluding carboxylic acids is 1. The van der Waals surface area contributed by atoms with Crippen LogP contribution in [0, 0.1) is 0 Å². The zero-order valence-corrected chi connectivity index (χ0v) is 16.8. The second-order valence-electron chi connectivity index (χ2n) is 7.80. The van der Waals surface area contributed by atoms with Crippen molar-refractivity contribution < 1.29 is 19.2 Å². The molecule has 0 saturated carbocycles. The highest BCUT2D eigenvalue weighted by molar-refractivity contribution is 6.04. The van der Waals surface area contributed by atoms with E-state index in [2.05, 4.69) is 15.5 Å². The highest BCUT2D eigenvalue weighted by Crippen LogP contribution is 2.28. The van der Waals surface area contributed by atoms with E-state index in [1.165, 1.54) is 6.07 Å². The molecule has 0 radical (unpaired) electrons. The lowest BCUT2D eigenvalue weighted by Gasteiger charge is -2.14.